The van der Waals surface area contributed by atoms with Gasteiger partial charge in [0.1, 0.15) is 0 Å². The van der Waals surface area contributed by atoms with E-state index in [-0.39, 0.29) is 0 Å². The fraction of sp³-hybridized carbons (Fsp3) is 0.667. The normalized spacial score (nSPS) is 18.7. The number of hydrogen-bond acceptors (Lipinski definition) is 3. The summed E-state index contributed by atoms with van der Waals surface area (Å²) in [5, 5.41) is 7.61. The van der Waals surface area contributed by atoms with Gasteiger partial charge in [0, 0.05) is 39.8 Å². The molecule has 0 amide bonds. The first kappa shape index (κ1) is 10.4. The van der Waals surface area contributed by atoms with Crippen LogP contribution in [0, 0.1) is 3.57 Å². The lowest BCUT2D eigenvalue weighted by atomic mass is 10.3. The van der Waals surface area contributed by atoms with Crippen LogP contribution >= 0.6 is 22.6 Å². The summed E-state index contributed by atoms with van der Waals surface area (Å²) in [4.78, 5) is 2.47. The highest BCUT2D eigenvalue weighted by Gasteiger charge is 2.13. The van der Waals surface area contributed by atoms with Crippen molar-refractivity contribution in [2.75, 3.05) is 26.2 Å². The molecule has 78 valence electrons. The van der Waals surface area contributed by atoms with Crippen molar-refractivity contribution in [1.29, 1.82) is 0 Å². The molecule has 1 aliphatic heterocycles. The Morgan fingerprint density at radius 3 is 2.79 bits per heavy atom. The van der Waals surface area contributed by atoms with E-state index in [1.165, 1.54) is 9.26 Å². The zero-order valence-electron chi connectivity index (χ0n) is 8.33. The minimum absolute atomic E-state index is 1.02. The van der Waals surface area contributed by atoms with Crippen molar-refractivity contribution in [1.82, 2.24) is 20.0 Å². The Hall–Kier alpha value is -0.140. The second-order valence-corrected chi connectivity index (χ2v) is 4.75. The van der Waals surface area contributed by atoms with Crippen LogP contribution in [0.1, 0.15) is 5.69 Å². The number of nitrogens with one attached hydrogen (secondary N) is 1. The van der Waals surface area contributed by atoms with Crippen LogP contribution < -0.4 is 5.32 Å². The molecular weight excluding hydrogens is 291 g/mol. The molecule has 0 atom stereocenters. The van der Waals surface area contributed by atoms with E-state index in [4.69, 9.17) is 0 Å². The van der Waals surface area contributed by atoms with Gasteiger partial charge in [-0.25, -0.2) is 0 Å². The molecule has 0 aliphatic carbocycles. The summed E-state index contributed by atoms with van der Waals surface area (Å²) in [6.45, 7) is 5.52. The molecule has 1 aromatic heterocycles. The summed E-state index contributed by atoms with van der Waals surface area (Å²) in [6, 6.07) is 0. The minimum Gasteiger partial charge on any atom is -0.314 e. The van der Waals surface area contributed by atoms with Crippen LogP contribution in [-0.2, 0) is 13.6 Å². The molecule has 0 aromatic carbocycles. The van der Waals surface area contributed by atoms with Gasteiger partial charge in [-0.1, -0.05) is 0 Å². The molecule has 0 bridgehead atoms. The molecular formula is C9H15IN4. The van der Waals surface area contributed by atoms with Crippen LogP contribution in [-0.4, -0.2) is 40.9 Å². The van der Waals surface area contributed by atoms with Crippen LogP contribution in [0.25, 0.3) is 0 Å². The highest BCUT2D eigenvalue weighted by Crippen LogP contribution is 2.13. The van der Waals surface area contributed by atoms with Crippen molar-refractivity contribution in [2.45, 2.75) is 6.54 Å². The largest absolute Gasteiger partial charge is 0.314 e. The van der Waals surface area contributed by atoms with Gasteiger partial charge in [0.2, 0.25) is 0 Å². The molecule has 14 heavy (non-hydrogen) atoms. The Balaban J connectivity index is 2.02. The Bertz CT molecular complexity index is 284. The second-order valence-electron chi connectivity index (χ2n) is 3.59. The lowest BCUT2D eigenvalue weighted by Gasteiger charge is -2.27. The molecule has 1 fully saturated rings. The standard InChI is InChI=1S/C9H15IN4/c1-13-9(8(10)6-12-13)7-14-4-2-11-3-5-14/h6,11H,2-5,7H2,1H3. The molecule has 0 radical (unpaired) electrons. The van der Waals surface area contributed by atoms with Gasteiger partial charge < -0.3 is 5.32 Å². The van der Waals surface area contributed by atoms with Gasteiger partial charge in [-0.05, 0) is 22.6 Å². The van der Waals surface area contributed by atoms with E-state index in [2.05, 4.69) is 37.9 Å². The number of rotatable bonds is 2. The second kappa shape index (κ2) is 4.59. The number of hydrogen-bond donors (Lipinski definition) is 1. The Labute approximate surface area is 97.8 Å². The topological polar surface area (TPSA) is 33.1 Å². The molecule has 5 heteroatoms. The third-order valence-electron chi connectivity index (χ3n) is 2.59. The van der Waals surface area contributed by atoms with Gasteiger partial charge in [0.15, 0.2) is 0 Å². The van der Waals surface area contributed by atoms with Gasteiger partial charge in [-0.3, -0.25) is 9.58 Å². The molecule has 0 saturated carbocycles. The van der Waals surface area contributed by atoms with E-state index in [1.54, 1.807) is 0 Å². The fourth-order valence-electron chi connectivity index (χ4n) is 1.69. The molecule has 2 rings (SSSR count). The summed E-state index contributed by atoms with van der Waals surface area (Å²) in [6.07, 6.45) is 1.93. The lowest BCUT2D eigenvalue weighted by molar-refractivity contribution is 0.227. The van der Waals surface area contributed by atoms with Crippen molar-refractivity contribution in [3.8, 4) is 0 Å². The van der Waals surface area contributed by atoms with Crippen LogP contribution in [0.3, 0.4) is 0 Å². The third-order valence-corrected chi connectivity index (χ3v) is 3.49. The van der Waals surface area contributed by atoms with E-state index in [0.717, 1.165) is 32.7 Å². The van der Waals surface area contributed by atoms with E-state index in [1.807, 2.05) is 17.9 Å². The summed E-state index contributed by atoms with van der Waals surface area (Å²) in [5.41, 5.74) is 1.33. The number of halogens is 1. The van der Waals surface area contributed by atoms with Gasteiger partial charge >= 0.3 is 0 Å². The van der Waals surface area contributed by atoms with Gasteiger partial charge in [-0.2, -0.15) is 5.10 Å². The van der Waals surface area contributed by atoms with Crippen LogP contribution in [0.5, 0.6) is 0 Å². The van der Waals surface area contributed by atoms with Crippen LogP contribution in [0.2, 0.25) is 0 Å². The first-order valence-corrected chi connectivity index (χ1v) is 5.94. The Kier molecular flexibility index (Phi) is 3.40. The zero-order chi connectivity index (χ0) is 9.97. The smallest absolute Gasteiger partial charge is 0.0654 e. The predicted molar refractivity (Wildman–Crippen MR) is 64.1 cm³/mol. The van der Waals surface area contributed by atoms with Crippen molar-refractivity contribution in [2.24, 2.45) is 7.05 Å². The maximum Gasteiger partial charge on any atom is 0.0654 e. The number of piperazine rings is 1. The molecule has 0 spiro atoms. The lowest BCUT2D eigenvalue weighted by Crippen LogP contribution is -2.43. The van der Waals surface area contributed by atoms with Crippen molar-refractivity contribution < 1.29 is 0 Å². The highest BCUT2D eigenvalue weighted by molar-refractivity contribution is 14.1. The molecule has 2 heterocycles. The van der Waals surface area contributed by atoms with E-state index >= 15 is 0 Å². The van der Waals surface area contributed by atoms with Gasteiger partial charge in [-0.15, -0.1) is 0 Å². The predicted octanol–water partition coefficient (Wildman–Crippen LogP) is 0.430. The fourth-order valence-corrected chi connectivity index (χ4v) is 2.34. The van der Waals surface area contributed by atoms with Crippen LogP contribution in [0.4, 0.5) is 0 Å². The quantitative estimate of drug-likeness (QED) is 0.805. The summed E-state index contributed by atoms with van der Waals surface area (Å²) >= 11 is 2.35. The summed E-state index contributed by atoms with van der Waals surface area (Å²) in [5.74, 6) is 0. The molecule has 1 N–H and O–H groups in total. The van der Waals surface area contributed by atoms with E-state index < -0.39 is 0 Å². The summed E-state index contributed by atoms with van der Waals surface area (Å²) in [7, 11) is 2.01. The third kappa shape index (κ3) is 2.26. The number of nitrogens with zero attached hydrogens (tertiary/aromatic N) is 3. The molecule has 4 nitrogen and oxygen atoms in total. The summed E-state index contributed by atoms with van der Waals surface area (Å²) < 4.78 is 3.24. The monoisotopic (exact) mass is 306 g/mol. The van der Waals surface area contributed by atoms with Crippen molar-refractivity contribution in [3.63, 3.8) is 0 Å². The SMILES string of the molecule is Cn1ncc(I)c1CN1CCNCC1. The van der Waals surface area contributed by atoms with E-state index in [9.17, 15) is 0 Å². The molecule has 1 aromatic rings. The number of aryl methyl sites for hydroxylation is 1. The molecule has 1 aliphatic rings. The average Bonchev–Trinajstić information content (AvgIpc) is 2.51. The van der Waals surface area contributed by atoms with E-state index in [0.29, 0.717) is 0 Å². The highest BCUT2D eigenvalue weighted by atomic mass is 127. The number of aromatic nitrogens is 2. The van der Waals surface area contributed by atoms with Crippen molar-refractivity contribution >= 4 is 22.6 Å². The Morgan fingerprint density at radius 2 is 2.21 bits per heavy atom. The van der Waals surface area contributed by atoms with Crippen molar-refractivity contribution in [3.05, 3.63) is 15.5 Å². The first-order valence-electron chi connectivity index (χ1n) is 4.87. The van der Waals surface area contributed by atoms with Gasteiger partial charge in [0.25, 0.3) is 0 Å². The maximum absolute atomic E-state index is 4.25. The first-order chi connectivity index (χ1) is 6.77. The zero-order valence-corrected chi connectivity index (χ0v) is 10.5. The van der Waals surface area contributed by atoms with Crippen LogP contribution in [0.15, 0.2) is 6.20 Å². The molecule has 1 saturated heterocycles. The minimum atomic E-state index is 1.02. The Morgan fingerprint density at radius 1 is 1.50 bits per heavy atom. The van der Waals surface area contributed by atoms with Gasteiger partial charge in [0.05, 0.1) is 15.5 Å². The average molecular weight is 306 g/mol. The maximum atomic E-state index is 4.25. The molecule has 0 unspecified atom stereocenters.